The molecular weight excluding hydrogens is 309 g/mol. The van der Waals surface area contributed by atoms with Gasteiger partial charge in [0.25, 0.3) is 0 Å². The van der Waals surface area contributed by atoms with Crippen LogP contribution in [-0.2, 0) is 9.59 Å². The van der Waals surface area contributed by atoms with Gasteiger partial charge in [-0.1, -0.05) is 12.1 Å². The minimum atomic E-state index is -0.973. The van der Waals surface area contributed by atoms with Gasteiger partial charge in [-0.15, -0.1) is 0 Å². The number of rotatable bonds is 4. The van der Waals surface area contributed by atoms with Crippen LogP contribution in [0.15, 0.2) is 42.5 Å². The summed E-state index contributed by atoms with van der Waals surface area (Å²) in [6.45, 7) is 0.603. The molecule has 0 aliphatic heterocycles. The van der Waals surface area contributed by atoms with Gasteiger partial charge in [-0.3, -0.25) is 9.59 Å². The second-order valence-electron chi connectivity index (χ2n) is 4.73. The van der Waals surface area contributed by atoms with Crippen LogP contribution in [0.25, 0.3) is 0 Å². The molecular formula is C16H13F3N2O2. The summed E-state index contributed by atoms with van der Waals surface area (Å²) in [5, 5.41) is 2.29. The molecule has 0 aliphatic carbocycles. The Bertz CT molecular complexity index is 750. The monoisotopic (exact) mass is 322 g/mol. The Kier molecular flexibility index (Phi) is 5.00. The fourth-order valence-corrected chi connectivity index (χ4v) is 1.96. The lowest BCUT2D eigenvalue weighted by Gasteiger charge is -2.21. The molecule has 2 rings (SSSR count). The van der Waals surface area contributed by atoms with Gasteiger partial charge in [0.2, 0.25) is 11.8 Å². The summed E-state index contributed by atoms with van der Waals surface area (Å²) < 4.78 is 40.2. The highest BCUT2D eigenvalue weighted by Gasteiger charge is 2.20. The van der Waals surface area contributed by atoms with Gasteiger partial charge < -0.3 is 10.2 Å². The van der Waals surface area contributed by atoms with Crippen molar-refractivity contribution < 1.29 is 22.8 Å². The maximum absolute atomic E-state index is 13.8. The van der Waals surface area contributed by atoms with Gasteiger partial charge in [-0.2, -0.15) is 0 Å². The molecule has 0 spiro atoms. The van der Waals surface area contributed by atoms with Crippen molar-refractivity contribution in [3.63, 3.8) is 0 Å². The Labute approximate surface area is 130 Å². The van der Waals surface area contributed by atoms with Crippen molar-refractivity contribution in [3.8, 4) is 0 Å². The Hall–Kier alpha value is -2.83. The molecule has 0 heterocycles. The highest BCUT2D eigenvalue weighted by atomic mass is 19.1. The first kappa shape index (κ1) is 16.5. The highest BCUT2D eigenvalue weighted by Crippen LogP contribution is 2.20. The lowest BCUT2D eigenvalue weighted by atomic mass is 10.2. The van der Waals surface area contributed by atoms with Gasteiger partial charge in [-0.25, -0.2) is 13.2 Å². The number of benzene rings is 2. The number of para-hydroxylation sites is 1. The van der Waals surface area contributed by atoms with Crippen LogP contribution < -0.4 is 10.2 Å². The third-order valence-electron chi connectivity index (χ3n) is 3.03. The van der Waals surface area contributed by atoms with Crippen molar-refractivity contribution in [1.29, 1.82) is 0 Å². The van der Waals surface area contributed by atoms with E-state index in [1.165, 1.54) is 18.2 Å². The molecule has 0 fully saturated rings. The smallest absolute Gasteiger partial charge is 0.244 e. The van der Waals surface area contributed by atoms with Gasteiger partial charge in [0, 0.05) is 13.0 Å². The van der Waals surface area contributed by atoms with E-state index in [9.17, 15) is 22.8 Å². The number of halogens is 3. The van der Waals surface area contributed by atoms with E-state index in [1.807, 2.05) is 0 Å². The first-order chi connectivity index (χ1) is 10.9. The third-order valence-corrected chi connectivity index (χ3v) is 3.03. The van der Waals surface area contributed by atoms with Crippen molar-refractivity contribution >= 4 is 23.2 Å². The minimum absolute atomic E-state index is 0.0550. The SMILES string of the molecule is CC(=O)N(CC(=O)Nc1ccccc1F)c1ccc(F)cc1F. The maximum Gasteiger partial charge on any atom is 0.244 e. The van der Waals surface area contributed by atoms with E-state index in [2.05, 4.69) is 5.32 Å². The van der Waals surface area contributed by atoms with E-state index in [0.717, 1.165) is 30.0 Å². The van der Waals surface area contributed by atoms with E-state index >= 15 is 0 Å². The first-order valence-electron chi connectivity index (χ1n) is 6.66. The molecule has 0 unspecified atom stereocenters. The molecule has 7 heteroatoms. The minimum Gasteiger partial charge on any atom is -0.322 e. The molecule has 0 atom stereocenters. The second-order valence-corrected chi connectivity index (χ2v) is 4.73. The molecule has 0 saturated heterocycles. The summed E-state index contributed by atoms with van der Waals surface area (Å²) in [4.78, 5) is 24.4. The summed E-state index contributed by atoms with van der Waals surface area (Å²) in [5.41, 5.74) is -0.289. The topological polar surface area (TPSA) is 49.4 Å². The van der Waals surface area contributed by atoms with Crippen LogP contribution >= 0.6 is 0 Å². The summed E-state index contributed by atoms with van der Waals surface area (Å²) in [6.07, 6.45) is 0. The average molecular weight is 322 g/mol. The molecule has 0 aromatic heterocycles. The van der Waals surface area contributed by atoms with Gasteiger partial charge in [0.15, 0.2) is 0 Å². The quantitative estimate of drug-likeness (QED) is 0.940. The molecule has 4 nitrogen and oxygen atoms in total. The maximum atomic E-state index is 13.8. The van der Waals surface area contributed by atoms with Gasteiger partial charge in [-0.05, 0) is 24.3 Å². The fourth-order valence-electron chi connectivity index (χ4n) is 1.96. The predicted octanol–water partition coefficient (Wildman–Crippen LogP) is 3.10. The molecule has 0 bridgehead atoms. The van der Waals surface area contributed by atoms with Gasteiger partial charge in [0.05, 0.1) is 11.4 Å². The standard InChI is InChI=1S/C16H13F3N2O2/c1-10(22)21(15-7-6-11(17)8-13(15)19)9-16(23)20-14-5-3-2-4-12(14)18/h2-8H,9H2,1H3,(H,20,23). The van der Waals surface area contributed by atoms with E-state index in [4.69, 9.17) is 0 Å². The Balaban J connectivity index is 2.18. The molecule has 2 aromatic rings. The van der Waals surface area contributed by atoms with Crippen LogP contribution in [0.5, 0.6) is 0 Å². The number of nitrogens with one attached hydrogen (secondary N) is 1. The number of amides is 2. The molecule has 23 heavy (non-hydrogen) atoms. The third kappa shape index (κ3) is 4.09. The van der Waals surface area contributed by atoms with Crippen molar-refractivity contribution in [2.75, 3.05) is 16.8 Å². The number of carbonyl (C=O) groups excluding carboxylic acids is 2. The van der Waals surface area contributed by atoms with Gasteiger partial charge >= 0.3 is 0 Å². The lowest BCUT2D eigenvalue weighted by Crippen LogP contribution is -2.37. The Morgan fingerprint density at radius 1 is 1.04 bits per heavy atom. The summed E-state index contributed by atoms with van der Waals surface area (Å²) in [6, 6.07) is 8.15. The van der Waals surface area contributed by atoms with Crippen molar-refractivity contribution in [2.45, 2.75) is 6.92 Å². The molecule has 120 valence electrons. The highest BCUT2D eigenvalue weighted by molar-refractivity contribution is 6.01. The molecule has 2 amide bonds. The number of nitrogens with zero attached hydrogens (tertiary/aromatic N) is 1. The average Bonchev–Trinajstić information content (AvgIpc) is 2.48. The van der Waals surface area contributed by atoms with Crippen molar-refractivity contribution in [1.82, 2.24) is 0 Å². The van der Waals surface area contributed by atoms with Crippen LogP contribution in [0.4, 0.5) is 24.5 Å². The summed E-state index contributed by atoms with van der Waals surface area (Å²) >= 11 is 0. The second kappa shape index (κ2) is 6.95. The first-order valence-corrected chi connectivity index (χ1v) is 6.66. The van der Waals surface area contributed by atoms with Crippen LogP contribution in [-0.4, -0.2) is 18.4 Å². The molecule has 1 N–H and O–H groups in total. The normalized spacial score (nSPS) is 10.3. The van der Waals surface area contributed by atoms with Crippen LogP contribution in [0.3, 0.4) is 0 Å². The molecule has 2 aromatic carbocycles. The van der Waals surface area contributed by atoms with E-state index < -0.39 is 35.8 Å². The molecule has 0 aliphatic rings. The van der Waals surface area contributed by atoms with Gasteiger partial charge in [0.1, 0.15) is 24.0 Å². The summed E-state index contributed by atoms with van der Waals surface area (Å²) in [7, 11) is 0. The summed E-state index contributed by atoms with van der Waals surface area (Å²) in [5.74, 6) is -3.74. The lowest BCUT2D eigenvalue weighted by molar-refractivity contribution is -0.120. The zero-order chi connectivity index (χ0) is 17.0. The number of carbonyl (C=O) groups is 2. The van der Waals surface area contributed by atoms with Crippen molar-refractivity contribution in [2.24, 2.45) is 0 Å². The predicted molar refractivity (Wildman–Crippen MR) is 79.4 cm³/mol. The largest absolute Gasteiger partial charge is 0.322 e. The Morgan fingerprint density at radius 3 is 2.35 bits per heavy atom. The zero-order valence-corrected chi connectivity index (χ0v) is 12.1. The Morgan fingerprint density at radius 2 is 1.74 bits per heavy atom. The van der Waals surface area contributed by atoms with E-state index in [0.29, 0.717) is 6.07 Å². The van der Waals surface area contributed by atoms with E-state index in [1.54, 1.807) is 0 Å². The number of hydrogen-bond acceptors (Lipinski definition) is 2. The zero-order valence-electron chi connectivity index (χ0n) is 12.1. The van der Waals surface area contributed by atoms with Crippen LogP contribution in [0.2, 0.25) is 0 Å². The fraction of sp³-hybridized carbons (Fsp3) is 0.125. The molecule has 0 radical (unpaired) electrons. The van der Waals surface area contributed by atoms with Crippen molar-refractivity contribution in [3.05, 3.63) is 59.9 Å². The van der Waals surface area contributed by atoms with Crippen LogP contribution in [0.1, 0.15) is 6.92 Å². The molecule has 0 saturated carbocycles. The van der Waals surface area contributed by atoms with Crippen LogP contribution in [0, 0.1) is 17.5 Å². The van der Waals surface area contributed by atoms with E-state index in [-0.39, 0.29) is 11.4 Å². The number of hydrogen-bond donors (Lipinski definition) is 1. The number of anilines is 2.